The van der Waals surface area contributed by atoms with Crippen LogP contribution in [0.4, 0.5) is 0 Å². The fourth-order valence-electron chi connectivity index (χ4n) is 4.57. The van der Waals surface area contributed by atoms with Crippen molar-refractivity contribution in [3.8, 4) is 5.75 Å². The van der Waals surface area contributed by atoms with E-state index in [-0.39, 0.29) is 18.3 Å². The van der Waals surface area contributed by atoms with Crippen LogP contribution in [0.15, 0.2) is 23.3 Å². The van der Waals surface area contributed by atoms with Gasteiger partial charge in [-0.2, -0.15) is 0 Å². The molecule has 0 radical (unpaired) electrons. The van der Waals surface area contributed by atoms with E-state index in [2.05, 4.69) is 25.6 Å². The molecule has 0 aromatic carbocycles. The number of pyridine rings is 1. The number of carbonyl (C=O) groups is 3. The number of hydrogen-bond acceptors (Lipinski definition) is 7. The highest BCUT2D eigenvalue weighted by Gasteiger charge is 2.31. The van der Waals surface area contributed by atoms with Crippen LogP contribution in [0.3, 0.4) is 0 Å². The zero-order chi connectivity index (χ0) is 26.4. The molecule has 0 bridgehead atoms. The molecule has 12 nitrogen and oxygen atoms in total. The van der Waals surface area contributed by atoms with Crippen molar-refractivity contribution in [2.45, 2.75) is 64.7 Å². The third kappa shape index (κ3) is 4.54. The Morgan fingerprint density at radius 1 is 1.22 bits per heavy atom. The van der Waals surface area contributed by atoms with Gasteiger partial charge in [-0.3, -0.25) is 19.2 Å². The number of amides is 3. The topological polar surface area (TPSA) is 162 Å². The van der Waals surface area contributed by atoms with E-state index in [1.54, 1.807) is 22.6 Å². The van der Waals surface area contributed by atoms with Gasteiger partial charge in [-0.1, -0.05) is 0 Å². The number of fused-ring (bicyclic) bond motifs is 2. The molecule has 3 aromatic rings. The Balaban J connectivity index is 1.28. The number of aromatic hydroxyl groups is 1. The maximum Gasteiger partial charge on any atom is 0.274 e. The molecule has 1 atom stereocenters. The third-order valence-electron chi connectivity index (χ3n) is 6.85. The molecule has 4 N–H and O–H groups in total. The molecule has 1 aliphatic carbocycles. The van der Waals surface area contributed by atoms with Crippen LogP contribution in [0.25, 0.3) is 11.2 Å². The summed E-state index contributed by atoms with van der Waals surface area (Å²) in [6.45, 7) is 5.99. The number of nitrogens with one attached hydrogen (secondary N) is 3. The first-order valence-corrected chi connectivity index (χ1v) is 12.3. The molecule has 4 heterocycles. The lowest BCUT2D eigenvalue weighted by molar-refractivity contribution is -0.122. The lowest BCUT2D eigenvalue weighted by Crippen LogP contribution is -2.47. The maximum absolute atomic E-state index is 12.9. The van der Waals surface area contributed by atoms with Crippen molar-refractivity contribution in [1.82, 2.24) is 35.1 Å². The Morgan fingerprint density at radius 3 is 2.68 bits per heavy atom. The number of hydrogen-bond donors (Lipinski definition) is 4. The lowest BCUT2D eigenvalue weighted by atomic mass is 10.1. The zero-order valence-corrected chi connectivity index (χ0v) is 20.9. The molecule has 0 unspecified atom stereocenters. The van der Waals surface area contributed by atoms with Crippen LogP contribution in [0, 0.1) is 0 Å². The van der Waals surface area contributed by atoms with Crippen LogP contribution in [-0.2, 0) is 17.9 Å². The molecule has 0 saturated heterocycles. The molecule has 12 heteroatoms. The molecule has 1 saturated carbocycles. The summed E-state index contributed by atoms with van der Waals surface area (Å²) in [5, 5.41) is 15.7. The Bertz CT molecular complexity index is 1470. The van der Waals surface area contributed by atoms with Crippen molar-refractivity contribution in [1.29, 1.82) is 0 Å². The number of carbonyl (C=O) groups excluding carboxylic acids is 3. The molecule has 1 aliphatic heterocycles. The average molecular weight is 508 g/mol. The molecule has 3 aromatic heterocycles. The number of aromatic amines is 1. The lowest BCUT2D eigenvalue weighted by Gasteiger charge is -2.34. The van der Waals surface area contributed by atoms with Crippen molar-refractivity contribution in [2.75, 3.05) is 6.54 Å². The van der Waals surface area contributed by atoms with Gasteiger partial charge in [0.15, 0.2) is 17.1 Å². The summed E-state index contributed by atoms with van der Waals surface area (Å²) in [4.78, 5) is 64.4. The standard InChI is InChI=1S/C25H29N7O5/c1-12(2)31-6-7-32-15(8-18(33)21(34)20(32)25(31)37)9-28-23(35)13(3)29-24(36)16-10-26-22-19(16)30-17(11-27-22)14-4-5-14/h8,10-14,34H,4-7,9H2,1-3H3,(H,26,27)(H,28,35)(H,29,36)/t13-/m1/s1. The normalized spacial score (nSPS) is 16.1. The second-order valence-electron chi connectivity index (χ2n) is 9.82. The Morgan fingerprint density at radius 2 is 1.97 bits per heavy atom. The molecule has 194 valence electrons. The quantitative estimate of drug-likeness (QED) is 0.371. The Hall–Kier alpha value is -4.22. The van der Waals surface area contributed by atoms with Crippen LogP contribution < -0.4 is 16.1 Å². The van der Waals surface area contributed by atoms with Gasteiger partial charge in [0.05, 0.1) is 24.0 Å². The maximum atomic E-state index is 12.9. The number of nitrogens with zero attached hydrogens (tertiary/aromatic N) is 4. The minimum atomic E-state index is -0.889. The summed E-state index contributed by atoms with van der Waals surface area (Å²) in [5.41, 5.74) is 1.74. The molecule has 37 heavy (non-hydrogen) atoms. The van der Waals surface area contributed by atoms with Crippen molar-refractivity contribution < 1.29 is 19.5 Å². The largest absolute Gasteiger partial charge is 0.503 e. The van der Waals surface area contributed by atoms with E-state index in [0.717, 1.165) is 18.5 Å². The average Bonchev–Trinajstić information content (AvgIpc) is 3.63. The van der Waals surface area contributed by atoms with Crippen molar-refractivity contribution in [2.24, 2.45) is 0 Å². The van der Waals surface area contributed by atoms with E-state index in [1.807, 2.05) is 13.8 Å². The molecular formula is C25H29N7O5. The highest BCUT2D eigenvalue weighted by Crippen LogP contribution is 2.39. The van der Waals surface area contributed by atoms with Gasteiger partial charge < -0.3 is 30.2 Å². The summed E-state index contributed by atoms with van der Waals surface area (Å²) >= 11 is 0. The first kappa shape index (κ1) is 24.5. The van der Waals surface area contributed by atoms with Crippen LogP contribution in [0.2, 0.25) is 0 Å². The van der Waals surface area contributed by atoms with Gasteiger partial charge in [-0.05, 0) is 33.6 Å². The van der Waals surface area contributed by atoms with Gasteiger partial charge in [-0.15, -0.1) is 0 Å². The summed E-state index contributed by atoms with van der Waals surface area (Å²) < 4.78 is 1.56. The molecular weight excluding hydrogens is 478 g/mol. The molecule has 2 aliphatic rings. The first-order valence-electron chi connectivity index (χ1n) is 12.3. The van der Waals surface area contributed by atoms with E-state index in [9.17, 15) is 24.3 Å². The SMILES string of the molecule is CC(C)N1CCn2c(CNC(=O)[C@@H](C)NC(=O)c3c[nH]c4ncc(C5CC5)nc34)cc(=O)c(O)c2C1=O. The van der Waals surface area contributed by atoms with Crippen LogP contribution in [0.1, 0.15) is 71.8 Å². The van der Waals surface area contributed by atoms with Gasteiger partial charge in [0, 0.05) is 43.0 Å². The number of H-pyrrole nitrogens is 1. The second-order valence-corrected chi connectivity index (χ2v) is 9.82. The monoisotopic (exact) mass is 507 g/mol. The predicted octanol–water partition coefficient (Wildman–Crippen LogP) is 1.00. The van der Waals surface area contributed by atoms with Crippen LogP contribution in [-0.4, -0.2) is 65.9 Å². The summed E-state index contributed by atoms with van der Waals surface area (Å²) in [5.74, 6) is -1.59. The summed E-state index contributed by atoms with van der Waals surface area (Å²) in [7, 11) is 0. The summed E-state index contributed by atoms with van der Waals surface area (Å²) in [6.07, 6.45) is 5.36. The van der Waals surface area contributed by atoms with Gasteiger partial charge >= 0.3 is 0 Å². The summed E-state index contributed by atoms with van der Waals surface area (Å²) in [6, 6.07) is 0.231. The van der Waals surface area contributed by atoms with Gasteiger partial charge in [-0.25, -0.2) is 9.97 Å². The third-order valence-corrected chi connectivity index (χ3v) is 6.85. The molecule has 1 fully saturated rings. The molecule has 0 spiro atoms. The van der Waals surface area contributed by atoms with Crippen molar-refractivity contribution in [3.05, 3.63) is 51.3 Å². The molecule has 3 amide bonds. The van der Waals surface area contributed by atoms with Gasteiger partial charge in [0.1, 0.15) is 11.6 Å². The van der Waals surface area contributed by atoms with E-state index < -0.39 is 34.9 Å². The van der Waals surface area contributed by atoms with E-state index in [0.29, 0.717) is 41.4 Å². The minimum Gasteiger partial charge on any atom is -0.503 e. The zero-order valence-electron chi connectivity index (χ0n) is 20.9. The Labute approximate surface area is 212 Å². The fourth-order valence-corrected chi connectivity index (χ4v) is 4.57. The minimum absolute atomic E-state index is 0.0557. The fraction of sp³-hybridized carbons (Fsp3) is 0.440. The van der Waals surface area contributed by atoms with Crippen LogP contribution >= 0.6 is 0 Å². The van der Waals surface area contributed by atoms with Crippen molar-refractivity contribution >= 4 is 28.9 Å². The molecule has 5 rings (SSSR count). The highest BCUT2D eigenvalue weighted by molar-refractivity contribution is 6.05. The van der Waals surface area contributed by atoms with Gasteiger partial charge in [0.2, 0.25) is 11.3 Å². The van der Waals surface area contributed by atoms with E-state index in [1.165, 1.54) is 12.3 Å². The first-order chi connectivity index (χ1) is 17.7. The van der Waals surface area contributed by atoms with E-state index >= 15 is 0 Å². The number of aromatic nitrogens is 4. The highest BCUT2D eigenvalue weighted by atomic mass is 16.3. The van der Waals surface area contributed by atoms with Crippen molar-refractivity contribution in [3.63, 3.8) is 0 Å². The smallest absolute Gasteiger partial charge is 0.274 e. The predicted molar refractivity (Wildman–Crippen MR) is 133 cm³/mol. The second kappa shape index (κ2) is 9.34. The van der Waals surface area contributed by atoms with Crippen LogP contribution in [0.5, 0.6) is 5.75 Å². The number of rotatable bonds is 7. The van der Waals surface area contributed by atoms with Gasteiger partial charge in [0.25, 0.3) is 11.8 Å². The van der Waals surface area contributed by atoms with E-state index in [4.69, 9.17) is 0 Å². The Kier molecular flexibility index (Phi) is 6.18.